The van der Waals surface area contributed by atoms with Gasteiger partial charge in [0.1, 0.15) is 4.88 Å². The van der Waals surface area contributed by atoms with E-state index >= 15 is 0 Å². The first-order valence-electron chi connectivity index (χ1n) is 6.93. The number of hydrogen-bond acceptors (Lipinski definition) is 4. The molecule has 0 aliphatic carbocycles. The fourth-order valence-corrected chi connectivity index (χ4v) is 3.19. The fraction of sp³-hybridized carbons (Fsp3) is 0.400. The van der Waals surface area contributed by atoms with Crippen LogP contribution in [-0.4, -0.2) is 33.5 Å². The quantitative estimate of drug-likeness (QED) is 0.872. The lowest BCUT2D eigenvalue weighted by Crippen LogP contribution is -2.38. The molecule has 1 aromatic heterocycles. The van der Waals surface area contributed by atoms with Crippen molar-refractivity contribution in [3.05, 3.63) is 47.0 Å². The second-order valence-corrected chi connectivity index (χ2v) is 5.99. The zero-order valence-electron chi connectivity index (χ0n) is 11.2. The summed E-state index contributed by atoms with van der Waals surface area (Å²) in [5.41, 5.74) is 1.39. The summed E-state index contributed by atoms with van der Waals surface area (Å²) < 4.78 is 3.75. The Hall–Kier alpha value is -1.75. The molecule has 2 aromatic rings. The Balaban J connectivity index is 1.53. The molecule has 3 rings (SSSR count). The maximum Gasteiger partial charge on any atom is 0.267 e. The normalized spacial score (nSPS) is 16.3. The van der Waals surface area contributed by atoms with Crippen LogP contribution in [0.3, 0.4) is 0 Å². The molecule has 0 radical (unpaired) electrons. The molecule has 0 N–H and O–H groups in total. The van der Waals surface area contributed by atoms with Crippen LogP contribution in [0.2, 0.25) is 0 Å². The Bertz CT molecular complexity index is 548. The maximum atomic E-state index is 12.2. The first kappa shape index (κ1) is 13.2. The summed E-state index contributed by atoms with van der Waals surface area (Å²) in [6, 6.07) is 10.6. The molecule has 0 atom stereocenters. The molecule has 5 heteroatoms. The topological polar surface area (TPSA) is 46.1 Å². The van der Waals surface area contributed by atoms with Gasteiger partial charge in [0.15, 0.2) is 0 Å². The molecule has 104 valence electrons. The Morgan fingerprint density at radius 1 is 1.25 bits per heavy atom. The highest BCUT2D eigenvalue weighted by Crippen LogP contribution is 2.23. The molecule has 0 spiro atoms. The molecule has 1 saturated heterocycles. The molecule has 1 amide bonds. The third-order valence-electron chi connectivity index (χ3n) is 3.84. The van der Waals surface area contributed by atoms with E-state index in [1.54, 1.807) is 6.20 Å². The van der Waals surface area contributed by atoms with E-state index in [0.29, 0.717) is 10.8 Å². The molecular formula is C15H17N3OS. The third kappa shape index (κ3) is 3.04. The number of hydrogen-bond donors (Lipinski definition) is 0. The van der Waals surface area contributed by atoms with E-state index in [1.165, 1.54) is 17.1 Å². The average Bonchev–Trinajstić information content (AvgIpc) is 3.03. The van der Waals surface area contributed by atoms with Gasteiger partial charge in [-0.15, -0.1) is 5.10 Å². The van der Waals surface area contributed by atoms with E-state index in [-0.39, 0.29) is 5.91 Å². The third-order valence-corrected chi connectivity index (χ3v) is 4.49. The summed E-state index contributed by atoms with van der Waals surface area (Å²) in [5.74, 6) is 0.763. The van der Waals surface area contributed by atoms with Crippen molar-refractivity contribution in [3.63, 3.8) is 0 Å². The summed E-state index contributed by atoms with van der Waals surface area (Å²) >= 11 is 1.18. The Labute approximate surface area is 122 Å². The van der Waals surface area contributed by atoms with Crippen molar-refractivity contribution in [1.29, 1.82) is 0 Å². The monoisotopic (exact) mass is 287 g/mol. The largest absolute Gasteiger partial charge is 0.338 e. The number of carbonyl (C=O) groups is 1. The van der Waals surface area contributed by atoms with Crippen LogP contribution in [0.4, 0.5) is 0 Å². The number of piperidine rings is 1. The molecule has 0 bridgehead atoms. The summed E-state index contributed by atoms with van der Waals surface area (Å²) in [4.78, 5) is 14.8. The van der Waals surface area contributed by atoms with E-state index in [2.05, 4.69) is 33.9 Å². The molecule has 1 aromatic carbocycles. The molecule has 4 nitrogen and oxygen atoms in total. The lowest BCUT2D eigenvalue weighted by molar-refractivity contribution is 0.0695. The second-order valence-electron chi connectivity index (χ2n) is 5.21. The number of likely N-dealkylation sites (tertiary alicyclic amines) is 1. The standard InChI is InChI=1S/C15H17N3OS/c19-15(14-11-16-17-20-14)18-8-6-13(7-9-18)10-12-4-2-1-3-5-12/h1-5,11,13H,6-10H2. The molecular weight excluding hydrogens is 270 g/mol. The maximum absolute atomic E-state index is 12.2. The predicted octanol–water partition coefficient (Wildman–Crippen LogP) is 2.63. The van der Waals surface area contributed by atoms with Gasteiger partial charge in [-0.05, 0) is 42.3 Å². The number of nitrogens with zero attached hydrogens (tertiary/aromatic N) is 3. The van der Waals surface area contributed by atoms with Crippen LogP contribution in [0.15, 0.2) is 36.5 Å². The van der Waals surface area contributed by atoms with Crippen LogP contribution in [0.25, 0.3) is 0 Å². The lowest BCUT2D eigenvalue weighted by atomic mass is 9.90. The van der Waals surface area contributed by atoms with Crippen molar-refractivity contribution in [3.8, 4) is 0 Å². The minimum atomic E-state index is 0.0816. The average molecular weight is 287 g/mol. The highest BCUT2D eigenvalue weighted by Gasteiger charge is 2.24. The van der Waals surface area contributed by atoms with Gasteiger partial charge >= 0.3 is 0 Å². The second kappa shape index (κ2) is 6.13. The molecule has 1 aliphatic heterocycles. The van der Waals surface area contributed by atoms with Gasteiger partial charge in [0.2, 0.25) is 0 Å². The van der Waals surface area contributed by atoms with Crippen molar-refractivity contribution in [1.82, 2.24) is 14.5 Å². The minimum absolute atomic E-state index is 0.0816. The summed E-state index contributed by atoms with van der Waals surface area (Å²) in [5, 5.41) is 3.73. The van der Waals surface area contributed by atoms with Crippen molar-refractivity contribution >= 4 is 17.4 Å². The fourth-order valence-electron chi connectivity index (χ4n) is 2.70. The Kier molecular flexibility index (Phi) is 4.06. The van der Waals surface area contributed by atoms with Gasteiger partial charge in [-0.25, -0.2) is 0 Å². The lowest BCUT2D eigenvalue weighted by Gasteiger charge is -2.31. The molecule has 20 heavy (non-hydrogen) atoms. The predicted molar refractivity (Wildman–Crippen MR) is 78.7 cm³/mol. The van der Waals surface area contributed by atoms with Crippen LogP contribution in [0.1, 0.15) is 28.1 Å². The van der Waals surface area contributed by atoms with Crippen LogP contribution >= 0.6 is 11.5 Å². The van der Waals surface area contributed by atoms with Gasteiger partial charge in [-0.3, -0.25) is 4.79 Å². The number of benzene rings is 1. The van der Waals surface area contributed by atoms with Crippen LogP contribution in [0.5, 0.6) is 0 Å². The summed E-state index contributed by atoms with van der Waals surface area (Å²) in [6.45, 7) is 1.68. The Morgan fingerprint density at radius 2 is 2.00 bits per heavy atom. The van der Waals surface area contributed by atoms with Gasteiger partial charge < -0.3 is 4.90 Å². The van der Waals surface area contributed by atoms with Gasteiger partial charge in [-0.2, -0.15) is 0 Å². The van der Waals surface area contributed by atoms with Gasteiger partial charge in [-0.1, -0.05) is 34.8 Å². The van der Waals surface area contributed by atoms with E-state index in [1.807, 2.05) is 11.0 Å². The zero-order chi connectivity index (χ0) is 13.8. The molecule has 0 unspecified atom stereocenters. The highest BCUT2D eigenvalue weighted by molar-refractivity contribution is 7.07. The van der Waals surface area contributed by atoms with E-state index < -0.39 is 0 Å². The number of carbonyl (C=O) groups excluding carboxylic acids is 1. The van der Waals surface area contributed by atoms with Crippen LogP contribution in [-0.2, 0) is 6.42 Å². The van der Waals surface area contributed by atoms with Gasteiger partial charge in [0.05, 0.1) is 6.20 Å². The van der Waals surface area contributed by atoms with Crippen molar-refractivity contribution in [2.75, 3.05) is 13.1 Å². The van der Waals surface area contributed by atoms with E-state index in [4.69, 9.17) is 0 Å². The number of rotatable bonds is 3. The first-order chi connectivity index (χ1) is 9.83. The van der Waals surface area contributed by atoms with E-state index in [0.717, 1.165) is 32.4 Å². The molecule has 1 fully saturated rings. The minimum Gasteiger partial charge on any atom is -0.338 e. The van der Waals surface area contributed by atoms with Crippen molar-refractivity contribution < 1.29 is 4.79 Å². The van der Waals surface area contributed by atoms with E-state index in [9.17, 15) is 4.79 Å². The van der Waals surface area contributed by atoms with Crippen molar-refractivity contribution in [2.24, 2.45) is 5.92 Å². The molecule has 1 aliphatic rings. The van der Waals surface area contributed by atoms with Crippen LogP contribution < -0.4 is 0 Å². The van der Waals surface area contributed by atoms with Crippen LogP contribution in [0, 0.1) is 5.92 Å². The van der Waals surface area contributed by atoms with Gasteiger partial charge in [0, 0.05) is 13.1 Å². The Morgan fingerprint density at radius 3 is 2.65 bits per heavy atom. The number of amides is 1. The number of aromatic nitrogens is 2. The first-order valence-corrected chi connectivity index (χ1v) is 7.71. The summed E-state index contributed by atoms with van der Waals surface area (Å²) in [6.07, 6.45) is 4.83. The highest BCUT2D eigenvalue weighted by atomic mass is 32.1. The van der Waals surface area contributed by atoms with Crippen molar-refractivity contribution in [2.45, 2.75) is 19.3 Å². The SMILES string of the molecule is O=C(c1cnns1)N1CCC(Cc2ccccc2)CC1. The zero-order valence-corrected chi connectivity index (χ0v) is 12.1. The molecule has 0 saturated carbocycles. The summed E-state index contributed by atoms with van der Waals surface area (Å²) in [7, 11) is 0. The van der Waals surface area contributed by atoms with Gasteiger partial charge in [0.25, 0.3) is 5.91 Å². The molecule has 2 heterocycles. The smallest absolute Gasteiger partial charge is 0.267 e.